The number of rotatable bonds is 9. The maximum atomic E-state index is 12.6. The summed E-state index contributed by atoms with van der Waals surface area (Å²) >= 11 is 0. The van der Waals surface area contributed by atoms with Crippen LogP contribution in [-0.2, 0) is 16.0 Å². The van der Waals surface area contributed by atoms with E-state index in [0.717, 1.165) is 17.0 Å². The van der Waals surface area contributed by atoms with E-state index in [1.54, 1.807) is 11.8 Å². The Balaban J connectivity index is 1.61. The Labute approximate surface area is 175 Å². The summed E-state index contributed by atoms with van der Waals surface area (Å²) in [5.74, 6) is -0.937. The summed E-state index contributed by atoms with van der Waals surface area (Å²) in [6.45, 7) is 6.52. The highest BCUT2D eigenvalue weighted by Gasteiger charge is 2.21. The number of hydrogen-bond donors (Lipinski definition) is 0. The van der Waals surface area contributed by atoms with Crippen molar-refractivity contribution in [3.8, 4) is 0 Å². The smallest absolute Gasteiger partial charge is 0.360 e. The highest BCUT2D eigenvalue weighted by atomic mass is 16.5. The van der Waals surface area contributed by atoms with E-state index in [2.05, 4.69) is 10.3 Å². The highest BCUT2D eigenvalue weighted by Crippen LogP contribution is 2.21. The minimum Gasteiger partial charge on any atom is -0.452 e. The largest absolute Gasteiger partial charge is 0.452 e. The van der Waals surface area contributed by atoms with Crippen molar-refractivity contribution in [2.45, 2.75) is 33.4 Å². The predicted octanol–water partition coefficient (Wildman–Crippen LogP) is 2.99. The molecule has 0 amide bonds. The quantitative estimate of drug-likeness (QED) is 0.398. The van der Waals surface area contributed by atoms with E-state index >= 15 is 0 Å². The van der Waals surface area contributed by atoms with Crippen molar-refractivity contribution in [2.75, 3.05) is 20.3 Å². The predicted molar refractivity (Wildman–Crippen MR) is 111 cm³/mol. The number of methoxy groups -OCH3 is 1. The molecule has 8 heteroatoms. The maximum absolute atomic E-state index is 12.6. The van der Waals surface area contributed by atoms with Gasteiger partial charge in [0.2, 0.25) is 5.78 Å². The van der Waals surface area contributed by atoms with Crippen molar-refractivity contribution in [1.29, 1.82) is 0 Å². The first-order chi connectivity index (χ1) is 14.4. The number of ketones is 1. The zero-order valence-electron chi connectivity index (χ0n) is 17.7. The SMILES string of the molecule is COCC(C)n1c(C)cc(C(=O)COC(=O)c2cn(Cc3ccccc3)nn2)c1C. The van der Waals surface area contributed by atoms with Crippen LogP contribution in [0.5, 0.6) is 0 Å². The molecule has 2 heterocycles. The summed E-state index contributed by atoms with van der Waals surface area (Å²) in [7, 11) is 1.65. The van der Waals surface area contributed by atoms with Gasteiger partial charge < -0.3 is 14.0 Å². The third-order valence-corrected chi connectivity index (χ3v) is 4.90. The molecule has 3 aromatic rings. The number of aryl methyl sites for hydroxylation is 1. The highest BCUT2D eigenvalue weighted by molar-refractivity contribution is 6.00. The van der Waals surface area contributed by atoms with Crippen molar-refractivity contribution >= 4 is 11.8 Å². The molecule has 0 saturated heterocycles. The van der Waals surface area contributed by atoms with Gasteiger partial charge in [0, 0.05) is 24.1 Å². The fraction of sp³-hybridized carbons (Fsp3) is 0.364. The average molecular weight is 410 g/mol. The van der Waals surface area contributed by atoms with Gasteiger partial charge in [-0.25, -0.2) is 9.48 Å². The Morgan fingerprint density at radius 1 is 1.17 bits per heavy atom. The number of nitrogens with zero attached hydrogens (tertiary/aromatic N) is 4. The molecule has 30 heavy (non-hydrogen) atoms. The van der Waals surface area contributed by atoms with E-state index in [1.165, 1.54) is 6.20 Å². The van der Waals surface area contributed by atoms with Gasteiger partial charge in [-0.05, 0) is 32.4 Å². The van der Waals surface area contributed by atoms with Gasteiger partial charge in [0.15, 0.2) is 12.3 Å². The number of Topliss-reactive ketones (excluding diaryl/α,β-unsaturated/α-hetero) is 1. The lowest BCUT2D eigenvalue weighted by molar-refractivity contribution is 0.0468. The van der Waals surface area contributed by atoms with Gasteiger partial charge in [-0.2, -0.15) is 0 Å². The molecule has 0 fully saturated rings. The number of benzene rings is 1. The molecular weight excluding hydrogens is 384 g/mol. The molecular formula is C22H26N4O4. The van der Waals surface area contributed by atoms with Crippen LogP contribution < -0.4 is 0 Å². The molecule has 1 aromatic carbocycles. The van der Waals surface area contributed by atoms with Crippen molar-refractivity contribution in [3.63, 3.8) is 0 Å². The van der Waals surface area contributed by atoms with Crippen molar-refractivity contribution in [3.05, 3.63) is 70.8 Å². The molecule has 0 radical (unpaired) electrons. The molecule has 2 aromatic heterocycles. The molecule has 1 atom stereocenters. The van der Waals surface area contributed by atoms with E-state index in [9.17, 15) is 9.59 Å². The average Bonchev–Trinajstić information content (AvgIpc) is 3.31. The standard InChI is InChI=1S/C22H26N4O4/c1-15-10-19(17(3)26(15)16(2)13-29-4)21(27)14-30-22(28)20-12-25(24-23-20)11-18-8-6-5-7-9-18/h5-10,12,16H,11,13-14H2,1-4H3. The van der Waals surface area contributed by atoms with Crippen molar-refractivity contribution in [2.24, 2.45) is 0 Å². The molecule has 3 rings (SSSR count). The molecule has 1 unspecified atom stereocenters. The number of esters is 1. The van der Waals surface area contributed by atoms with Crippen LogP contribution in [-0.4, -0.2) is 51.6 Å². The van der Waals surface area contributed by atoms with Crippen LogP contribution in [0.25, 0.3) is 0 Å². The lowest BCUT2D eigenvalue weighted by atomic mass is 10.1. The second-order valence-electron chi connectivity index (χ2n) is 7.25. The van der Waals surface area contributed by atoms with Crippen LogP contribution in [0.4, 0.5) is 0 Å². The summed E-state index contributed by atoms with van der Waals surface area (Å²) in [4.78, 5) is 24.9. The van der Waals surface area contributed by atoms with Gasteiger partial charge in [0.1, 0.15) is 0 Å². The fourth-order valence-electron chi connectivity index (χ4n) is 3.58. The normalized spacial score (nSPS) is 12.0. The summed E-state index contributed by atoms with van der Waals surface area (Å²) in [5.41, 5.74) is 3.42. The minimum absolute atomic E-state index is 0.0675. The van der Waals surface area contributed by atoms with Crippen LogP contribution in [0.15, 0.2) is 42.6 Å². The third-order valence-electron chi connectivity index (χ3n) is 4.90. The van der Waals surface area contributed by atoms with E-state index in [-0.39, 0.29) is 24.1 Å². The Bertz CT molecular complexity index is 1020. The van der Waals surface area contributed by atoms with E-state index in [4.69, 9.17) is 9.47 Å². The molecule has 8 nitrogen and oxygen atoms in total. The number of carbonyl (C=O) groups excluding carboxylic acids is 2. The minimum atomic E-state index is -0.677. The first-order valence-corrected chi connectivity index (χ1v) is 9.72. The van der Waals surface area contributed by atoms with Crippen molar-refractivity contribution in [1.82, 2.24) is 19.6 Å². The van der Waals surface area contributed by atoms with Crippen molar-refractivity contribution < 1.29 is 19.1 Å². The molecule has 0 aliphatic rings. The first kappa shape index (κ1) is 21.4. The van der Waals surface area contributed by atoms with Crippen LogP contribution in [0.1, 0.15) is 50.8 Å². The van der Waals surface area contributed by atoms with Gasteiger partial charge in [-0.1, -0.05) is 35.5 Å². The zero-order valence-corrected chi connectivity index (χ0v) is 17.7. The topological polar surface area (TPSA) is 88.2 Å². The lowest BCUT2D eigenvalue weighted by Gasteiger charge is -2.17. The second kappa shape index (κ2) is 9.49. The summed E-state index contributed by atoms with van der Waals surface area (Å²) in [5, 5.41) is 7.80. The van der Waals surface area contributed by atoms with Gasteiger partial charge in [-0.3, -0.25) is 4.79 Å². The van der Waals surface area contributed by atoms with Crippen LogP contribution in [0.3, 0.4) is 0 Å². The second-order valence-corrected chi connectivity index (χ2v) is 7.25. The summed E-state index contributed by atoms with van der Waals surface area (Å²) in [6.07, 6.45) is 1.51. The molecule has 0 spiro atoms. The molecule has 0 N–H and O–H groups in total. The molecule has 0 aliphatic carbocycles. The lowest BCUT2D eigenvalue weighted by Crippen LogP contribution is -2.17. The Morgan fingerprint density at radius 2 is 1.90 bits per heavy atom. The molecule has 0 aliphatic heterocycles. The summed E-state index contributed by atoms with van der Waals surface area (Å²) < 4.78 is 14.0. The monoisotopic (exact) mass is 410 g/mol. The van der Waals surface area contributed by atoms with Gasteiger partial charge in [0.25, 0.3) is 0 Å². The first-order valence-electron chi connectivity index (χ1n) is 9.72. The Hall–Kier alpha value is -3.26. The maximum Gasteiger partial charge on any atom is 0.360 e. The molecule has 0 saturated carbocycles. The van der Waals surface area contributed by atoms with E-state index in [1.807, 2.05) is 61.7 Å². The molecule has 0 bridgehead atoms. The number of ether oxygens (including phenoxy) is 2. The van der Waals surface area contributed by atoms with Gasteiger partial charge in [-0.15, -0.1) is 5.10 Å². The summed E-state index contributed by atoms with van der Waals surface area (Å²) in [6, 6.07) is 11.6. The number of carbonyl (C=O) groups is 2. The number of hydrogen-bond acceptors (Lipinski definition) is 6. The van der Waals surface area contributed by atoms with Crippen LogP contribution in [0, 0.1) is 13.8 Å². The Morgan fingerprint density at radius 3 is 2.60 bits per heavy atom. The van der Waals surface area contributed by atoms with E-state index in [0.29, 0.717) is 18.7 Å². The van der Waals surface area contributed by atoms with Gasteiger partial charge in [0.05, 0.1) is 25.4 Å². The van der Waals surface area contributed by atoms with Crippen LogP contribution >= 0.6 is 0 Å². The Kier molecular flexibility index (Phi) is 6.79. The van der Waals surface area contributed by atoms with Gasteiger partial charge >= 0.3 is 5.97 Å². The third kappa shape index (κ3) is 4.83. The molecule has 158 valence electrons. The fourth-order valence-corrected chi connectivity index (χ4v) is 3.58. The van der Waals surface area contributed by atoms with Crippen LogP contribution in [0.2, 0.25) is 0 Å². The van der Waals surface area contributed by atoms with E-state index < -0.39 is 5.97 Å². The zero-order chi connectivity index (χ0) is 21.7. The number of aromatic nitrogens is 4.